The van der Waals surface area contributed by atoms with Crippen LogP contribution in [0, 0.1) is 46.5 Å². The molecule has 1 aliphatic rings. The SMILES string of the molecule is Cc1ccc(N(C2=CC(C)C(C)C=C2)c2ccc(N(c3ccc(C)cc3)c3ccc(-c4ccc(N(c5ccc(C)cc5)c5ccc(N(c6ccc(C)cc6)c6ccc(C)cc6)cc5)cc4)cc3)cc2)cc1. The fraction of sp³-hybridized carbons (Fsp3) is 0.134. The fourth-order valence-electron chi connectivity index (χ4n) is 9.42. The predicted molar refractivity (Wildman–Crippen MR) is 304 cm³/mol. The molecule has 0 saturated heterocycles. The number of rotatable bonds is 13. The third-order valence-electron chi connectivity index (χ3n) is 13.9. The zero-order valence-electron chi connectivity index (χ0n) is 42.0. The standard InChI is InChI=1S/C67H62N4/c1-47-8-23-56(24-9-47)68(57-25-10-48(2)11-26-57)63-38-40-64(41-39-63)69(58-27-12-49(3)13-28-58)61-34-19-54(20-35-61)55-21-36-62(37-22-55)70(59-29-14-50(4)15-30-59)65-42-44-66(45-43-65)71(60-31-16-51(5)17-32-60)67-33-18-52(6)53(7)46-67/h8-46,52-53H,1-7H3. The molecule has 71 heavy (non-hydrogen) atoms. The largest absolute Gasteiger partial charge is 0.311 e. The zero-order valence-corrected chi connectivity index (χ0v) is 42.0. The molecule has 0 spiro atoms. The highest BCUT2D eigenvalue weighted by molar-refractivity contribution is 5.84. The summed E-state index contributed by atoms with van der Waals surface area (Å²) in [5.74, 6) is 0.954. The molecule has 350 valence electrons. The molecule has 9 aromatic rings. The second-order valence-corrected chi connectivity index (χ2v) is 19.3. The van der Waals surface area contributed by atoms with Crippen LogP contribution in [0.15, 0.2) is 242 Å². The fourth-order valence-corrected chi connectivity index (χ4v) is 9.42. The predicted octanol–water partition coefficient (Wildman–Crippen LogP) is 19.2. The summed E-state index contributed by atoms with van der Waals surface area (Å²) in [7, 11) is 0. The Kier molecular flexibility index (Phi) is 13.3. The molecule has 0 bridgehead atoms. The molecule has 0 aromatic heterocycles. The molecule has 0 aliphatic heterocycles. The van der Waals surface area contributed by atoms with Gasteiger partial charge in [0, 0.05) is 68.3 Å². The second-order valence-electron chi connectivity index (χ2n) is 19.3. The van der Waals surface area contributed by atoms with Gasteiger partial charge in [-0.25, -0.2) is 0 Å². The summed E-state index contributed by atoms with van der Waals surface area (Å²) in [4.78, 5) is 9.39. The Morgan fingerprint density at radius 3 is 0.662 bits per heavy atom. The molecular formula is C67H62N4. The molecule has 0 N–H and O–H groups in total. The van der Waals surface area contributed by atoms with Crippen LogP contribution in [0.4, 0.5) is 62.6 Å². The minimum absolute atomic E-state index is 0.448. The van der Waals surface area contributed by atoms with Crippen molar-refractivity contribution in [3.63, 3.8) is 0 Å². The molecule has 4 nitrogen and oxygen atoms in total. The van der Waals surface area contributed by atoms with Crippen LogP contribution in [-0.2, 0) is 0 Å². The van der Waals surface area contributed by atoms with E-state index >= 15 is 0 Å². The minimum atomic E-state index is 0.448. The summed E-state index contributed by atoms with van der Waals surface area (Å²) < 4.78 is 0. The maximum Gasteiger partial charge on any atom is 0.0463 e. The van der Waals surface area contributed by atoms with Crippen molar-refractivity contribution in [2.75, 3.05) is 19.6 Å². The molecule has 0 radical (unpaired) electrons. The van der Waals surface area contributed by atoms with Crippen molar-refractivity contribution in [1.29, 1.82) is 0 Å². The van der Waals surface area contributed by atoms with Gasteiger partial charge in [-0.2, -0.15) is 0 Å². The Morgan fingerprint density at radius 2 is 0.437 bits per heavy atom. The van der Waals surface area contributed by atoms with E-state index < -0.39 is 0 Å². The normalized spacial score (nSPS) is 14.2. The molecule has 2 unspecified atom stereocenters. The lowest BCUT2D eigenvalue weighted by Gasteiger charge is -2.31. The van der Waals surface area contributed by atoms with Crippen LogP contribution in [0.25, 0.3) is 11.1 Å². The molecule has 0 amide bonds. The van der Waals surface area contributed by atoms with E-state index in [1.165, 1.54) is 33.5 Å². The van der Waals surface area contributed by atoms with Crippen molar-refractivity contribution in [2.45, 2.75) is 48.5 Å². The molecule has 9 aromatic carbocycles. The van der Waals surface area contributed by atoms with Gasteiger partial charge in [0.25, 0.3) is 0 Å². The Hall–Kier alpha value is -8.34. The van der Waals surface area contributed by atoms with Gasteiger partial charge in [-0.3, -0.25) is 0 Å². The zero-order chi connectivity index (χ0) is 49.0. The number of nitrogens with zero attached hydrogens (tertiary/aromatic N) is 4. The van der Waals surface area contributed by atoms with Crippen LogP contribution in [0.1, 0.15) is 41.7 Å². The maximum atomic E-state index is 2.40. The van der Waals surface area contributed by atoms with Crippen molar-refractivity contribution in [3.8, 4) is 11.1 Å². The van der Waals surface area contributed by atoms with Gasteiger partial charge < -0.3 is 19.6 Å². The number of hydrogen-bond acceptors (Lipinski definition) is 4. The Morgan fingerprint density at radius 1 is 0.239 bits per heavy atom. The van der Waals surface area contributed by atoms with Gasteiger partial charge in [0.2, 0.25) is 0 Å². The lowest BCUT2D eigenvalue weighted by molar-refractivity contribution is 0.547. The van der Waals surface area contributed by atoms with Crippen LogP contribution in [0.2, 0.25) is 0 Å². The van der Waals surface area contributed by atoms with E-state index in [0.717, 1.165) is 73.7 Å². The summed E-state index contributed by atoms with van der Waals surface area (Å²) in [5.41, 5.74) is 21.9. The van der Waals surface area contributed by atoms with Crippen molar-refractivity contribution in [2.24, 2.45) is 11.8 Å². The molecule has 4 heteroatoms. The van der Waals surface area contributed by atoms with Crippen LogP contribution in [-0.4, -0.2) is 0 Å². The maximum absolute atomic E-state index is 2.40. The number of benzene rings is 9. The highest BCUT2D eigenvalue weighted by Crippen LogP contribution is 2.42. The van der Waals surface area contributed by atoms with Gasteiger partial charge in [-0.15, -0.1) is 0 Å². The topological polar surface area (TPSA) is 13.0 Å². The Labute approximate surface area is 421 Å². The van der Waals surface area contributed by atoms with Gasteiger partial charge in [0.15, 0.2) is 0 Å². The quantitative estimate of drug-likeness (QED) is 0.114. The number of aryl methyl sites for hydroxylation is 5. The highest BCUT2D eigenvalue weighted by atomic mass is 15.2. The first kappa shape index (κ1) is 46.4. The minimum Gasteiger partial charge on any atom is -0.311 e. The third-order valence-corrected chi connectivity index (χ3v) is 13.9. The first-order chi connectivity index (χ1) is 34.5. The van der Waals surface area contributed by atoms with Gasteiger partial charge in [-0.05, 0) is 197 Å². The van der Waals surface area contributed by atoms with E-state index in [1.54, 1.807) is 0 Å². The van der Waals surface area contributed by atoms with Crippen LogP contribution in [0.3, 0.4) is 0 Å². The highest BCUT2D eigenvalue weighted by Gasteiger charge is 2.21. The van der Waals surface area contributed by atoms with Crippen molar-refractivity contribution in [1.82, 2.24) is 0 Å². The second kappa shape index (κ2) is 20.3. The summed E-state index contributed by atoms with van der Waals surface area (Å²) in [6, 6.07) is 79.8. The molecule has 0 saturated carbocycles. The average Bonchev–Trinajstić information content (AvgIpc) is 3.39. The molecule has 10 rings (SSSR count). The first-order valence-corrected chi connectivity index (χ1v) is 24.9. The number of allylic oxidation sites excluding steroid dienone is 3. The summed E-state index contributed by atoms with van der Waals surface area (Å²) in [5, 5.41) is 0. The number of hydrogen-bond donors (Lipinski definition) is 0. The van der Waals surface area contributed by atoms with Gasteiger partial charge in [0.05, 0.1) is 0 Å². The Balaban J connectivity index is 0.944. The van der Waals surface area contributed by atoms with Crippen LogP contribution in [0.5, 0.6) is 0 Å². The van der Waals surface area contributed by atoms with Crippen molar-refractivity contribution in [3.05, 3.63) is 270 Å². The molecular weight excluding hydrogens is 861 g/mol. The van der Waals surface area contributed by atoms with Crippen molar-refractivity contribution < 1.29 is 0 Å². The van der Waals surface area contributed by atoms with E-state index in [1.807, 2.05) is 0 Å². The summed E-state index contributed by atoms with van der Waals surface area (Å²) in [6.07, 6.45) is 7.01. The molecule has 2 atom stereocenters. The number of anilines is 11. The molecule has 1 aliphatic carbocycles. The average molecular weight is 923 g/mol. The van der Waals surface area contributed by atoms with Crippen molar-refractivity contribution >= 4 is 62.6 Å². The third kappa shape index (κ3) is 10.2. The monoisotopic (exact) mass is 922 g/mol. The van der Waals surface area contributed by atoms with Gasteiger partial charge in [-0.1, -0.05) is 139 Å². The van der Waals surface area contributed by atoms with E-state index in [-0.39, 0.29) is 0 Å². The van der Waals surface area contributed by atoms with E-state index in [2.05, 4.69) is 305 Å². The van der Waals surface area contributed by atoms with Gasteiger partial charge >= 0.3 is 0 Å². The molecule has 0 heterocycles. The van der Waals surface area contributed by atoms with Crippen LogP contribution >= 0.6 is 0 Å². The van der Waals surface area contributed by atoms with E-state index in [0.29, 0.717) is 11.8 Å². The summed E-state index contributed by atoms with van der Waals surface area (Å²) >= 11 is 0. The lowest BCUT2D eigenvalue weighted by atomic mass is 9.90. The lowest BCUT2D eigenvalue weighted by Crippen LogP contribution is -2.20. The van der Waals surface area contributed by atoms with Gasteiger partial charge in [0.1, 0.15) is 0 Å². The van der Waals surface area contributed by atoms with E-state index in [9.17, 15) is 0 Å². The summed E-state index contributed by atoms with van der Waals surface area (Å²) in [6.45, 7) is 15.3. The van der Waals surface area contributed by atoms with E-state index in [4.69, 9.17) is 0 Å². The Bertz CT molecular complexity index is 3210. The first-order valence-electron chi connectivity index (χ1n) is 24.9. The van der Waals surface area contributed by atoms with Crippen LogP contribution < -0.4 is 19.6 Å². The molecule has 0 fully saturated rings. The smallest absolute Gasteiger partial charge is 0.0463 e.